The highest BCUT2D eigenvalue weighted by Gasteiger charge is 2.66. The minimum absolute atomic E-state index is 0.0214. The fraction of sp³-hybridized carbons (Fsp3) is 0.524. The minimum atomic E-state index is -0.201. The summed E-state index contributed by atoms with van der Waals surface area (Å²) in [5, 5.41) is 0. The van der Waals surface area contributed by atoms with Crippen LogP contribution in [0.1, 0.15) is 129 Å². The molecule has 0 spiro atoms. The van der Waals surface area contributed by atoms with Crippen molar-refractivity contribution in [1.29, 1.82) is 0 Å². The van der Waals surface area contributed by atoms with Gasteiger partial charge in [0.25, 0.3) is 0 Å². The Balaban J connectivity index is 1.90. The standard InChI is InChI=1S/C42H58/c1-15-16-17-19-27(4)22-23-28(5)24-36-40(12)25-30(7)37(26(2)3)33(10)42(40,14)34(11)39-31(8)38-29(6)20-18-21-35(38)32(9)41(36,39)13/h18,20-21,32,36H,2,4-5,8,10,15-17,19,22-25H2,1,3,6-7,9,11-14H3/t32-,36+,40+,41-,42-/m1/s1. The lowest BCUT2D eigenvalue weighted by atomic mass is 9.36. The third kappa shape index (κ3) is 4.63. The molecule has 0 saturated heterocycles. The van der Waals surface area contributed by atoms with Crippen molar-refractivity contribution < 1.29 is 0 Å². The van der Waals surface area contributed by atoms with Crippen LogP contribution >= 0.6 is 0 Å². The van der Waals surface area contributed by atoms with Crippen LogP contribution < -0.4 is 0 Å². The summed E-state index contributed by atoms with van der Waals surface area (Å²) in [4.78, 5) is 0. The van der Waals surface area contributed by atoms with E-state index in [-0.39, 0.29) is 16.2 Å². The van der Waals surface area contributed by atoms with Crippen LogP contribution in [0.2, 0.25) is 0 Å². The molecule has 4 rings (SSSR count). The second-order valence-electron chi connectivity index (χ2n) is 14.9. The van der Waals surface area contributed by atoms with Crippen molar-refractivity contribution in [3.63, 3.8) is 0 Å². The van der Waals surface area contributed by atoms with Gasteiger partial charge in [-0.2, -0.15) is 0 Å². The van der Waals surface area contributed by atoms with Crippen molar-refractivity contribution in [2.45, 2.75) is 120 Å². The fourth-order valence-corrected chi connectivity index (χ4v) is 9.82. The molecule has 1 aromatic rings. The third-order valence-electron chi connectivity index (χ3n) is 12.4. The largest absolute Gasteiger partial charge is 0.0999 e. The average Bonchev–Trinajstić information content (AvgIpc) is 2.91. The smallest absolute Gasteiger partial charge is 0.0197 e. The molecule has 0 N–H and O–H groups in total. The fourth-order valence-electron chi connectivity index (χ4n) is 9.82. The van der Waals surface area contributed by atoms with E-state index in [4.69, 9.17) is 19.7 Å². The summed E-state index contributed by atoms with van der Waals surface area (Å²) in [5.41, 5.74) is 15.9. The third-order valence-corrected chi connectivity index (χ3v) is 12.4. The molecule has 0 radical (unpaired) electrons. The first-order valence-corrected chi connectivity index (χ1v) is 16.5. The van der Waals surface area contributed by atoms with Gasteiger partial charge in [0.2, 0.25) is 0 Å². The molecule has 0 heteroatoms. The summed E-state index contributed by atoms with van der Waals surface area (Å²) in [7, 11) is 0. The highest BCUT2D eigenvalue weighted by atomic mass is 14.7. The number of allylic oxidation sites excluding steroid dienone is 9. The van der Waals surface area contributed by atoms with Crippen molar-refractivity contribution in [3.05, 3.63) is 112 Å². The monoisotopic (exact) mass is 562 g/mol. The van der Waals surface area contributed by atoms with E-state index in [0.717, 1.165) is 37.7 Å². The predicted octanol–water partition coefficient (Wildman–Crippen LogP) is 12.8. The molecule has 0 bridgehead atoms. The lowest BCUT2D eigenvalue weighted by Crippen LogP contribution is -2.59. The Bertz CT molecular complexity index is 1420. The number of benzene rings is 1. The van der Waals surface area contributed by atoms with Crippen molar-refractivity contribution in [1.82, 2.24) is 0 Å². The van der Waals surface area contributed by atoms with Gasteiger partial charge in [-0.05, 0) is 122 Å². The van der Waals surface area contributed by atoms with E-state index >= 15 is 0 Å². The van der Waals surface area contributed by atoms with Gasteiger partial charge in [-0.1, -0.05) is 126 Å². The summed E-state index contributed by atoms with van der Waals surface area (Å²) in [6, 6.07) is 6.85. The van der Waals surface area contributed by atoms with Crippen LogP contribution in [0.15, 0.2) is 95.7 Å². The summed E-state index contributed by atoms with van der Waals surface area (Å²) in [6.45, 7) is 44.9. The molecule has 0 saturated carbocycles. The van der Waals surface area contributed by atoms with Gasteiger partial charge >= 0.3 is 0 Å². The lowest BCUT2D eigenvalue weighted by Gasteiger charge is -2.67. The number of aryl methyl sites for hydroxylation is 1. The van der Waals surface area contributed by atoms with Gasteiger partial charge in [-0.3, -0.25) is 0 Å². The molecule has 226 valence electrons. The van der Waals surface area contributed by atoms with Crippen molar-refractivity contribution >= 4 is 5.57 Å². The van der Waals surface area contributed by atoms with Crippen LogP contribution in [0.25, 0.3) is 5.57 Å². The molecule has 0 amide bonds. The van der Waals surface area contributed by atoms with E-state index < -0.39 is 0 Å². The van der Waals surface area contributed by atoms with Crippen molar-refractivity contribution in [2.75, 3.05) is 0 Å². The molecule has 0 aliphatic heterocycles. The molecular formula is C42H58. The molecule has 1 aromatic carbocycles. The Morgan fingerprint density at radius 3 is 2.19 bits per heavy atom. The summed E-state index contributed by atoms with van der Waals surface area (Å²) in [6.07, 6.45) is 9.09. The Labute approximate surface area is 259 Å². The lowest BCUT2D eigenvalue weighted by molar-refractivity contribution is -0.0371. The molecular weight excluding hydrogens is 504 g/mol. The van der Waals surface area contributed by atoms with E-state index in [1.165, 1.54) is 80.5 Å². The molecule has 0 nitrogen and oxygen atoms in total. The topological polar surface area (TPSA) is 0 Å². The quantitative estimate of drug-likeness (QED) is 0.196. The normalized spacial score (nSPS) is 30.6. The van der Waals surface area contributed by atoms with Gasteiger partial charge in [0, 0.05) is 10.8 Å². The van der Waals surface area contributed by atoms with Gasteiger partial charge in [0.15, 0.2) is 0 Å². The molecule has 0 heterocycles. The second-order valence-corrected chi connectivity index (χ2v) is 14.9. The highest BCUT2D eigenvalue weighted by Crippen LogP contribution is 2.75. The molecule has 0 fully saturated rings. The first-order chi connectivity index (χ1) is 19.6. The van der Waals surface area contributed by atoms with E-state index in [2.05, 4.69) is 93.7 Å². The van der Waals surface area contributed by atoms with Gasteiger partial charge in [0.05, 0.1) is 0 Å². The van der Waals surface area contributed by atoms with Crippen LogP contribution in [-0.2, 0) is 0 Å². The number of hydrogen-bond acceptors (Lipinski definition) is 0. The van der Waals surface area contributed by atoms with Crippen LogP contribution in [0.5, 0.6) is 0 Å². The van der Waals surface area contributed by atoms with Crippen molar-refractivity contribution in [2.24, 2.45) is 22.2 Å². The van der Waals surface area contributed by atoms with Gasteiger partial charge in [0.1, 0.15) is 0 Å². The maximum absolute atomic E-state index is 4.88. The molecule has 5 atom stereocenters. The summed E-state index contributed by atoms with van der Waals surface area (Å²) < 4.78 is 0. The first-order valence-electron chi connectivity index (χ1n) is 16.5. The Morgan fingerprint density at radius 1 is 0.929 bits per heavy atom. The zero-order valence-corrected chi connectivity index (χ0v) is 28.6. The molecule has 3 aliphatic carbocycles. The number of rotatable bonds is 10. The Hall–Kier alpha value is -2.60. The summed E-state index contributed by atoms with van der Waals surface area (Å²) in [5.74, 6) is 0.750. The van der Waals surface area contributed by atoms with Crippen LogP contribution in [0.4, 0.5) is 0 Å². The zero-order valence-electron chi connectivity index (χ0n) is 28.6. The van der Waals surface area contributed by atoms with Gasteiger partial charge in [-0.15, -0.1) is 0 Å². The Kier molecular flexibility index (Phi) is 8.83. The second kappa shape index (κ2) is 11.5. The van der Waals surface area contributed by atoms with E-state index in [1.54, 1.807) is 0 Å². The molecule has 0 aromatic heterocycles. The van der Waals surface area contributed by atoms with E-state index in [1.807, 2.05) is 0 Å². The van der Waals surface area contributed by atoms with Crippen LogP contribution in [0, 0.1) is 29.1 Å². The van der Waals surface area contributed by atoms with Crippen LogP contribution in [-0.4, -0.2) is 0 Å². The van der Waals surface area contributed by atoms with Crippen LogP contribution in [0.3, 0.4) is 0 Å². The minimum Gasteiger partial charge on any atom is -0.0999 e. The van der Waals surface area contributed by atoms with E-state index in [9.17, 15) is 0 Å². The number of unbranched alkanes of at least 4 members (excludes halogenated alkanes) is 2. The Morgan fingerprint density at radius 2 is 1.57 bits per heavy atom. The first kappa shape index (κ1) is 32.3. The molecule has 42 heavy (non-hydrogen) atoms. The number of fused-ring (bicyclic) bond motifs is 3. The predicted molar refractivity (Wildman–Crippen MR) is 187 cm³/mol. The molecule has 0 unspecified atom stereocenters. The number of hydrogen-bond donors (Lipinski definition) is 0. The van der Waals surface area contributed by atoms with Crippen molar-refractivity contribution in [3.8, 4) is 0 Å². The van der Waals surface area contributed by atoms with E-state index in [0.29, 0.717) is 11.8 Å². The van der Waals surface area contributed by atoms with Gasteiger partial charge in [-0.25, -0.2) is 0 Å². The zero-order chi connectivity index (χ0) is 31.4. The average molecular weight is 563 g/mol. The summed E-state index contributed by atoms with van der Waals surface area (Å²) >= 11 is 0. The SMILES string of the molecule is C=C(CCCCC)CCC(=C)C[C@@H]1[C@]2(C)C(=C(C)[C@@]3(C)C(=C)C(C(=C)C)=C(C)C[C@@]13C)C(=C)c1c(C)cccc1[C@H]2C. The maximum Gasteiger partial charge on any atom is 0.0197 e. The molecule has 3 aliphatic rings. The highest BCUT2D eigenvalue weighted by molar-refractivity contribution is 5.87. The maximum atomic E-state index is 4.88. The van der Waals surface area contributed by atoms with Gasteiger partial charge < -0.3 is 0 Å².